The molecule has 0 aliphatic heterocycles. The molecule has 0 spiro atoms. The third kappa shape index (κ3) is 1.97. The summed E-state index contributed by atoms with van der Waals surface area (Å²) >= 11 is 0. The summed E-state index contributed by atoms with van der Waals surface area (Å²) in [5.74, 6) is -0.972. The number of nitrogen functional groups attached to an aromatic ring is 1. The molecule has 100 valence electrons. The van der Waals surface area contributed by atoms with Gasteiger partial charge in [-0.25, -0.2) is 9.18 Å². The molecule has 0 aliphatic carbocycles. The number of hydrogen-bond acceptors (Lipinski definition) is 3. The van der Waals surface area contributed by atoms with Crippen LogP contribution in [0.15, 0.2) is 41.2 Å². The molecule has 6 heteroatoms. The summed E-state index contributed by atoms with van der Waals surface area (Å²) in [6, 6.07) is 8.65. The standard InChI is InChI=1S/C14H10FN3O2/c15-9-5-7(1-3-10(9)16)13(19)8-2-4-11-12(6-8)18-14(20)17-11/h1-6H,16H2,(H2,17,18,20). The van der Waals surface area contributed by atoms with E-state index in [4.69, 9.17) is 5.73 Å². The highest BCUT2D eigenvalue weighted by Crippen LogP contribution is 2.17. The Labute approximate surface area is 112 Å². The van der Waals surface area contributed by atoms with Crippen molar-refractivity contribution in [3.05, 3.63) is 63.8 Å². The number of H-pyrrole nitrogens is 2. The van der Waals surface area contributed by atoms with Crippen molar-refractivity contribution >= 4 is 22.5 Å². The van der Waals surface area contributed by atoms with E-state index in [-0.39, 0.29) is 22.7 Å². The maximum absolute atomic E-state index is 13.4. The minimum absolute atomic E-state index is 0.00744. The molecular formula is C14H10FN3O2. The van der Waals surface area contributed by atoms with Crippen LogP contribution in [-0.2, 0) is 0 Å². The van der Waals surface area contributed by atoms with Gasteiger partial charge in [0.05, 0.1) is 16.7 Å². The second kappa shape index (κ2) is 4.34. The molecule has 1 heterocycles. The fraction of sp³-hybridized carbons (Fsp3) is 0. The summed E-state index contributed by atoms with van der Waals surface area (Å²) in [6.45, 7) is 0. The van der Waals surface area contributed by atoms with E-state index in [0.29, 0.717) is 16.6 Å². The average Bonchev–Trinajstić information content (AvgIpc) is 2.80. The molecule has 0 fully saturated rings. The molecule has 1 aromatic heterocycles. The predicted molar refractivity (Wildman–Crippen MR) is 73.2 cm³/mol. The lowest BCUT2D eigenvalue weighted by Crippen LogP contribution is -2.03. The van der Waals surface area contributed by atoms with Crippen molar-refractivity contribution in [1.29, 1.82) is 0 Å². The minimum Gasteiger partial charge on any atom is -0.396 e. The zero-order chi connectivity index (χ0) is 14.3. The number of fused-ring (bicyclic) bond motifs is 1. The van der Waals surface area contributed by atoms with E-state index >= 15 is 0 Å². The molecule has 5 nitrogen and oxygen atoms in total. The van der Waals surface area contributed by atoms with E-state index in [1.807, 2.05) is 0 Å². The minimum atomic E-state index is -0.632. The van der Waals surface area contributed by atoms with Gasteiger partial charge in [0.25, 0.3) is 0 Å². The highest BCUT2D eigenvalue weighted by Gasteiger charge is 2.12. The molecule has 0 unspecified atom stereocenters. The van der Waals surface area contributed by atoms with Gasteiger partial charge < -0.3 is 15.7 Å². The Bertz CT molecular complexity index is 880. The van der Waals surface area contributed by atoms with Gasteiger partial charge in [0, 0.05) is 11.1 Å². The number of carbonyl (C=O) groups is 1. The van der Waals surface area contributed by atoms with Crippen LogP contribution in [0.25, 0.3) is 11.0 Å². The zero-order valence-electron chi connectivity index (χ0n) is 10.2. The molecule has 4 N–H and O–H groups in total. The second-order valence-electron chi connectivity index (χ2n) is 4.40. The van der Waals surface area contributed by atoms with Crippen LogP contribution in [0.4, 0.5) is 10.1 Å². The first kappa shape index (κ1) is 12.2. The van der Waals surface area contributed by atoms with Gasteiger partial charge in [-0.3, -0.25) is 4.79 Å². The van der Waals surface area contributed by atoms with Crippen LogP contribution < -0.4 is 11.4 Å². The molecular weight excluding hydrogens is 261 g/mol. The van der Waals surface area contributed by atoms with Crippen molar-refractivity contribution in [1.82, 2.24) is 9.97 Å². The van der Waals surface area contributed by atoms with E-state index in [1.54, 1.807) is 18.2 Å². The SMILES string of the molecule is Nc1ccc(C(=O)c2ccc3[nH]c(=O)[nH]c3c2)cc1F. The number of nitrogens with one attached hydrogen (secondary N) is 2. The maximum Gasteiger partial charge on any atom is 0.323 e. The number of ketones is 1. The number of imidazole rings is 1. The molecule has 0 atom stereocenters. The van der Waals surface area contributed by atoms with Gasteiger partial charge >= 0.3 is 5.69 Å². The number of aromatic amines is 2. The predicted octanol–water partition coefficient (Wildman–Crippen LogP) is 1.81. The number of benzene rings is 2. The third-order valence-corrected chi connectivity index (χ3v) is 3.04. The smallest absolute Gasteiger partial charge is 0.323 e. The molecule has 20 heavy (non-hydrogen) atoms. The van der Waals surface area contributed by atoms with Crippen LogP contribution in [-0.4, -0.2) is 15.8 Å². The van der Waals surface area contributed by atoms with Crippen LogP contribution in [0, 0.1) is 5.82 Å². The monoisotopic (exact) mass is 271 g/mol. The first-order valence-electron chi connectivity index (χ1n) is 5.86. The van der Waals surface area contributed by atoms with E-state index in [1.165, 1.54) is 12.1 Å². The Hall–Kier alpha value is -2.89. The van der Waals surface area contributed by atoms with Gasteiger partial charge in [0.15, 0.2) is 5.78 Å². The van der Waals surface area contributed by atoms with Crippen molar-refractivity contribution in [2.24, 2.45) is 0 Å². The second-order valence-corrected chi connectivity index (χ2v) is 4.40. The Morgan fingerprint density at radius 3 is 2.40 bits per heavy atom. The molecule has 3 rings (SSSR count). The fourth-order valence-corrected chi connectivity index (χ4v) is 2.01. The molecule has 0 saturated carbocycles. The number of nitrogens with two attached hydrogens (primary N) is 1. The van der Waals surface area contributed by atoms with Crippen molar-refractivity contribution in [2.45, 2.75) is 0 Å². The maximum atomic E-state index is 13.4. The summed E-state index contributed by atoms with van der Waals surface area (Å²) in [6.07, 6.45) is 0. The summed E-state index contributed by atoms with van der Waals surface area (Å²) in [5.41, 5.74) is 6.72. The van der Waals surface area contributed by atoms with Crippen molar-refractivity contribution < 1.29 is 9.18 Å². The molecule has 0 saturated heterocycles. The Morgan fingerprint density at radius 2 is 1.65 bits per heavy atom. The lowest BCUT2D eigenvalue weighted by molar-refractivity contribution is 0.103. The highest BCUT2D eigenvalue weighted by molar-refractivity contribution is 6.10. The first-order valence-corrected chi connectivity index (χ1v) is 5.86. The van der Waals surface area contributed by atoms with Crippen LogP contribution in [0.3, 0.4) is 0 Å². The summed E-state index contributed by atoms with van der Waals surface area (Å²) in [4.78, 5) is 28.6. The topological polar surface area (TPSA) is 91.7 Å². The average molecular weight is 271 g/mol. The molecule has 3 aromatic rings. The highest BCUT2D eigenvalue weighted by atomic mass is 19.1. The van der Waals surface area contributed by atoms with Crippen LogP contribution >= 0.6 is 0 Å². The molecule has 0 aliphatic rings. The van der Waals surface area contributed by atoms with Gasteiger partial charge in [0.2, 0.25) is 0 Å². The summed E-state index contributed by atoms with van der Waals surface area (Å²) in [5, 5.41) is 0. The van der Waals surface area contributed by atoms with E-state index in [9.17, 15) is 14.0 Å². The van der Waals surface area contributed by atoms with Gasteiger partial charge in [-0.2, -0.15) is 0 Å². The third-order valence-electron chi connectivity index (χ3n) is 3.04. The van der Waals surface area contributed by atoms with Gasteiger partial charge in [0.1, 0.15) is 5.82 Å². The van der Waals surface area contributed by atoms with E-state index in [0.717, 1.165) is 6.07 Å². The molecule has 2 aromatic carbocycles. The lowest BCUT2D eigenvalue weighted by atomic mass is 10.0. The number of anilines is 1. The molecule has 0 bridgehead atoms. The number of rotatable bonds is 2. The van der Waals surface area contributed by atoms with E-state index < -0.39 is 5.82 Å². The summed E-state index contributed by atoms with van der Waals surface area (Å²) < 4.78 is 13.4. The largest absolute Gasteiger partial charge is 0.396 e. The van der Waals surface area contributed by atoms with Crippen molar-refractivity contribution in [3.63, 3.8) is 0 Å². The summed E-state index contributed by atoms with van der Waals surface area (Å²) in [7, 11) is 0. The molecule has 0 amide bonds. The van der Waals surface area contributed by atoms with Crippen LogP contribution in [0.5, 0.6) is 0 Å². The quantitative estimate of drug-likeness (QED) is 0.490. The van der Waals surface area contributed by atoms with Gasteiger partial charge in [-0.05, 0) is 36.4 Å². The van der Waals surface area contributed by atoms with E-state index in [2.05, 4.69) is 9.97 Å². The lowest BCUT2D eigenvalue weighted by Gasteiger charge is -2.03. The Balaban J connectivity index is 2.07. The van der Waals surface area contributed by atoms with Gasteiger partial charge in [-0.15, -0.1) is 0 Å². The zero-order valence-corrected chi connectivity index (χ0v) is 10.2. The number of aromatic nitrogens is 2. The van der Waals surface area contributed by atoms with Crippen LogP contribution in [0.2, 0.25) is 0 Å². The normalized spacial score (nSPS) is 10.8. The van der Waals surface area contributed by atoms with Crippen molar-refractivity contribution in [3.8, 4) is 0 Å². The number of hydrogen-bond donors (Lipinski definition) is 3. The Morgan fingerprint density at radius 1 is 1.00 bits per heavy atom. The molecule has 0 radical (unpaired) electrons. The number of carbonyl (C=O) groups excluding carboxylic acids is 1. The van der Waals surface area contributed by atoms with Crippen molar-refractivity contribution in [2.75, 3.05) is 5.73 Å². The Kier molecular flexibility index (Phi) is 2.64. The number of halogens is 1. The van der Waals surface area contributed by atoms with Crippen LogP contribution in [0.1, 0.15) is 15.9 Å². The first-order chi connectivity index (χ1) is 9.54. The fourth-order valence-electron chi connectivity index (χ4n) is 2.01. The van der Waals surface area contributed by atoms with Gasteiger partial charge in [-0.1, -0.05) is 0 Å².